The highest BCUT2D eigenvalue weighted by Crippen LogP contribution is 2.15. The monoisotopic (exact) mass is 401 g/mol. The van der Waals surface area contributed by atoms with Crippen LogP contribution in [0.15, 0.2) is 35.3 Å². The maximum atomic E-state index is 12.4. The SMILES string of the molecule is CN=C(NCCC(=O)N1CCCC(C)C1)NCCC(C)N(C)Cc1ccccc1. The molecule has 0 spiro atoms. The Labute approximate surface area is 176 Å². The fraction of sp³-hybridized carbons (Fsp3) is 0.652. The van der Waals surface area contributed by atoms with E-state index in [-0.39, 0.29) is 5.91 Å². The van der Waals surface area contributed by atoms with Gasteiger partial charge in [-0.3, -0.25) is 14.7 Å². The molecular weight excluding hydrogens is 362 g/mol. The lowest BCUT2D eigenvalue weighted by molar-refractivity contribution is -0.132. The number of rotatable bonds is 9. The van der Waals surface area contributed by atoms with Gasteiger partial charge >= 0.3 is 0 Å². The van der Waals surface area contributed by atoms with Crippen molar-refractivity contribution in [2.75, 3.05) is 40.3 Å². The molecule has 162 valence electrons. The zero-order valence-electron chi connectivity index (χ0n) is 18.7. The van der Waals surface area contributed by atoms with Crippen molar-refractivity contribution in [1.29, 1.82) is 0 Å². The van der Waals surface area contributed by atoms with Crippen molar-refractivity contribution >= 4 is 11.9 Å². The molecule has 1 aromatic carbocycles. The van der Waals surface area contributed by atoms with E-state index in [1.54, 1.807) is 7.05 Å². The number of nitrogens with one attached hydrogen (secondary N) is 2. The number of carbonyl (C=O) groups is 1. The van der Waals surface area contributed by atoms with E-state index in [1.165, 1.54) is 12.0 Å². The summed E-state index contributed by atoms with van der Waals surface area (Å²) in [6.45, 7) is 8.70. The Kier molecular flexibility index (Phi) is 9.98. The Balaban J connectivity index is 1.62. The molecule has 6 heteroatoms. The third-order valence-electron chi connectivity index (χ3n) is 5.75. The molecular formula is C23H39N5O. The summed E-state index contributed by atoms with van der Waals surface area (Å²) in [5, 5.41) is 6.64. The number of amides is 1. The number of aliphatic imine (C=N–C) groups is 1. The Morgan fingerprint density at radius 3 is 2.69 bits per heavy atom. The van der Waals surface area contributed by atoms with E-state index in [1.807, 2.05) is 4.90 Å². The number of nitrogens with zero attached hydrogens (tertiary/aromatic N) is 3. The van der Waals surface area contributed by atoms with E-state index in [4.69, 9.17) is 0 Å². The number of piperidine rings is 1. The van der Waals surface area contributed by atoms with Gasteiger partial charge < -0.3 is 15.5 Å². The van der Waals surface area contributed by atoms with Gasteiger partial charge in [-0.1, -0.05) is 37.3 Å². The van der Waals surface area contributed by atoms with E-state index in [9.17, 15) is 4.79 Å². The molecule has 1 amide bonds. The number of hydrogen-bond acceptors (Lipinski definition) is 3. The molecule has 0 bridgehead atoms. The molecule has 1 heterocycles. The van der Waals surface area contributed by atoms with Crippen LogP contribution in [0.4, 0.5) is 0 Å². The van der Waals surface area contributed by atoms with Crippen molar-refractivity contribution in [3.05, 3.63) is 35.9 Å². The molecule has 2 rings (SSSR count). The fourth-order valence-electron chi connectivity index (χ4n) is 3.73. The smallest absolute Gasteiger partial charge is 0.224 e. The van der Waals surface area contributed by atoms with Crippen molar-refractivity contribution in [1.82, 2.24) is 20.4 Å². The van der Waals surface area contributed by atoms with Crippen molar-refractivity contribution in [2.24, 2.45) is 10.9 Å². The first-order valence-corrected chi connectivity index (χ1v) is 11.0. The minimum absolute atomic E-state index is 0.246. The maximum Gasteiger partial charge on any atom is 0.224 e. The van der Waals surface area contributed by atoms with E-state index in [2.05, 4.69) is 71.8 Å². The number of benzene rings is 1. The van der Waals surface area contributed by atoms with Gasteiger partial charge in [-0.15, -0.1) is 0 Å². The van der Waals surface area contributed by atoms with E-state index >= 15 is 0 Å². The number of carbonyl (C=O) groups excluding carboxylic acids is 1. The Hall–Kier alpha value is -2.08. The quantitative estimate of drug-likeness (QED) is 0.493. The van der Waals surface area contributed by atoms with Crippen LogP contribution in [0.3, 0.4) is 0 Å². The molecule has 1 aromatic rings. The summed E-state index contributed by atoms with van der Waals surface area (Å²) in [4.78, 5) is 21.0. The summed E-state index contributed by atoms with van der Waals surface area (Å²) in [5.41, 5.74) is 1.33. The van der Waals surface area contributed by atoms with Crippen molar-refractivity contribution in [2.45, 2.75) is 52.1 Å². The largest absolute Gasteiger partial charge is 0.356 e. The zero-order valence-corrected chi connectivity index (χ0v) is 18.7. The molecule has 2 unspecified atom stereocenters. The number of hydrogen-bond donors (Lipinski definition) is 2. The molecule has 2 atom stereocenters. The summed E-state index contributed by atoms with van der Waals surface area (Å²) in [6.07, 6.45) is 3.90. The highest BCUT2D eigenvalue weighted by molar-refractivity contribution is 5.81. The molecule has 1 fully saturated rings. The van der Waals surface area contributed by atoms with Gasteiger partial charge in [-0.05, 0) is 44.7 Å². The van der Waals surface area contributed by atoms with Crippen molar-refractivity contribution < 1.29 is 4.79 Å². The normalized spacial score (nSPS) is 18.6. The Bertz CT molecular complexity index is 633. The lowest BCUT2D eigenvalue weighted by Crippen LogP contribution is -2.43. The van der Waals surface area contributed by atoms with Gasteiger partial charge in [0.2, 0.25) is 5.91 Å². The first-order chi connectivity index (χ1) is 14.0. The van der Waals surface area contributed by atoms with E-state index in [0.29, 0.717) is 24.9 Å². The third kappa shape index (κ3) is 8.44. The van der Waals surface area contributed by atoms with Crippen LogP contribution < -0.4 is 10.6 Å². The van der Waals surface area contributed by atoms with Crippen molar-refractivity contribution in [3.8, 4) is 0 Å². The first-order valence-electron chi connectivity index (χ1n) is 11.0. The topological polar surface area (TPSA) is 60.0 Å². The van der Waals surface area contributed by atoms with Gasteiger partial charge in [0.05, 0.1) is 0 Å². The van der Waals surface area contributed by atoms with Gasteiger partial charge in [0, 0.05) is 52.2 Å². The van der Waals surface area contributed by atoms with Gasteiger partial charge in [-0.25, -0.2) is 0 Å². The van der Waals surface area contributed by atoms with Crippen LogP contribution in [0.25, 0.3) is 0 Å². The van der Waals surface area contributed by atoms with Crippen LogP contribution in [-0.2, 0) is 11.3 Å². The summed E-state index contributed by atoms with van der Waals surface area (Å²) in [7, 11) is 3.94. The molecule has 1 aliphatic rings. The number of guanidine groups is 1. The summed E-state index contributed by atoms with van der Waals surface area (Å²) < 4.78 is 0. The lowest BCUT2D eigenvalue weighted by Gasteiger charge is -2.31. The average molecular weight is 402 g/mol. The highest BCUT2D eigenvalue weighted by Gasteiger charge is 2.20. The second kappa shape index (κ2) is 12.5. The van der Waals surface area contributed by atoms with E-state index in [0.717, 1.165) is 45.0 Å². The van der Waals surface area contributed by atoms with Crippen LogP contribution in [-0.4, -0.2) is 68.0 Å². The first kappa shape index (κ1) is 23.2. The van der Waals surface area contributed by atoms with Crippen LogP contribution in [0.1, 0.15) is 45.1 Å². The van der Waals surface area contributed by atoms with Crippen LogP contribution in [0.5, 0.6) is 0 Å². The third-order valence-corrected chi connectivity index (χ3v) is 5.75. The number of likely N-dealkylation sites (tertiary alicyclic amines) is 1. The molecule has 0 saturated carbocycles. The van der Waals surface area contributed by atoms with Crippen LogP contribution >= 0.6 is 0 Å². The standard InChI is InChI=1S/C23H39N5O/c1-19-9-8-16-28(17-19)22(29)13-15-26-23(24-3)25-14-12-20(2)27(4)18-21-10-6-5-7-11-21/h5-7,10-11,19-20H,8-9,12-18H2,1-4H3,(H2,24,25,26). The Morgan fingerprint density at radius 2 is 2.00 bits per heavy atom. The average Bonchev–Trinajstić information content (AvgIpc) is 2.73. The summed E-state index contributed by atoms with van der Waals surface area (Å²) in [5.74, 6) is 1.63. The van der Waals surface area contributed by atoms with E-state index < -0.39 is 0 Å². The fourth-order valence-corrected chi connectivity index (χ4v) is 3.73. The summed E-state index contributed by atoms with van der Waals surface area (Å²) >= 11 is 0. The molecule has 29 heavy (non-hydrogen) atoms. The predicted octanol–water partition coefficient (Wildman–Crippen LogP) is 2.71. The zero-order chi connectivity index (χ0) is 21.1. The molecule has 6 nitrogen and oxygen atoms in total. The van der Waals surface area contributed by atoms with Gasteiger partial charge in [0.1, 0.15) is 0 Å². The van der Waals surface area contributed by atoms with Crippen LogP contribution in [0.2, 0.25) is 0 Å². The van der Waals surface area contributed by atoms with Gasteiger partial charge in [0.15, 0.2) is 5.96 Å². The van der Waals surface area contributed by atoms with Gasteiger partial charge in [0.25, 0.3) is 0 Å². The molecule has 0 aliphatic carbocycles. The van der Waals surface area contributed by atoms with Crippen molar-refractivity contribution in [3.63, 3.8) is 0 Å². The molecule has 1 saturated heterocycles. The van der Waals surface area contributed by atoms with Crippen LogP contribution in [0, 0.1) is 5.92 Å². The lowest BCUT2D eigenvalue weighted by atomic mass is 10.00. The minimum atomic E-state index is 0.246. The predicted molar refractivity (Wildman–Crippen MR) is 121 cm³/mol. The van der Waals surface area contributed by atoms with Gasteiger partial charge in [-0.2, -0.15) is 0 Å². The molecule has 2 N–H and O–H groups in total. The molecule has 0 radical (unpaired) electrons. The second-order valence-corrected chi connectivity index (χ2v) is 8.30. The molecule has 0 aromatic heterocycles. The second-order valence-electron chi connectivity index (χ2n) is 8.30. The minimum Gasteiger partial charge on any atom is -0.356 e. The Morgan fingerprint density at radius 1 is 1.28 bits per heavy atom. The highest BCUT2D eigenvalue weighted by atomic mass is 16.2. The summed E-state index contributed by atoms with van der Waals surface area (Å²) in [6, 6.07) is 11.0. The maximum absolute atomic E-state index is 12.4. The molecule has 1 aliphatic heterocycles.